The van der Waals surface area contributed by atoms with Gasteiger partial charge < -0.3 is 10.7 Å². The molecule has 0 bridgehead atoms. The van der Waals surface area contributed by atoms with Crippen LogP contribution in [0.15, 0.2) is 60.8 Å². The van der Waals surface area contributed by atoms with Gasteiger partial charge in [0.25, 0.3) is 0 Å². The average molecular weight is 354 g/mol. The Balaban J connectivity index is 1.81. The highest BCUT2D eigenvalue weighted by Crippen LogP contribution is 2.32. The first kappa shape index (κ1) is 16.1. The van der Waals surface area contributed by atoms with Crippen molar-refractivity contribution in [3.8, 4) is 22.6 Å². The van der Waals surface area contributed by atoms with Crippen LogP contribution in [0.3, 0.4) is 0 Å². The van der Waals surface area contributed by atoms with E-state index in [0.717, 1.165) is 28.6 Å². The lowest BCUT2D eigenvalue weighted by atomic mass is 10.1. The van der Waals surface area contributed by atoms with Crippen molar-refractivity contribution in [3.05, 3.63) is 66.4 Å². The quantitative estimate of drug-likeness (QED) is 0.538. The van der Waals surface area contributed by atoms with Crippen molar-refractivity contribution < 1.29 is 13.2 Å². The molecule has 130 valence electrons. The van der Waals surface area contributed by atoms with Gasteiger partial charge in [-0.05, 0) is 24.3 Å². The van der Waals surface area contributed by atoms with Crippen molar-refractivity contribution in [2.75, 3.05) is 5.73 Å². The molecule has 0 spiro atoms. The Morgan fingerprint density at radius 3 is 2.42 bits per heavy atom. The predicted molar refractivity (Wildman–Crippen MR) is 94.2 cm³/mol. The summed E-state index contributed by atoms with van der Waals surface area (Å²) in [6.45, 7) is 0. The van der Waals surface area contributed by atoms with Gasteiger partial charge in [-0.15, -0.1) is 0 Å². The van der Waals surface area contributed by atoms with E-state index in [4.69, 9.17) is 5.73 Å². The van der Waals surface area contributed by atoms with Gasteiger partial charge in [-0.3, -0.25) is 0 Å². The number of hydrogen-bond acceptors (Lipinski definition) is 3. The molecule has 2 heterocycles. The number of anilines is 1. The van der Waals surface area contributed by atoms with E-state index in [9.17, 15) is 13.2 Å². The number of benzene rings is 2. The molecule has 0 saturated heterocycles. The number of H-pyrrole nitrogens is 1. The monoisotopic (exact) mass is 354 g/mol. The Labute approximate surface area is 146 Å². The minimum atomic E-state index is -4.38. The number of nitrogens with one attached hydrogen (secondary N) is 1. The van der Waals surface area contributed by atoms with Crippen LogP contribution in [0.1, 0.15) is 5.56 Å². The molecule has 3 N–H and O–H groups in total. The summed E-state index contributed by atoms with van der Waals surface area (Å²) in [7, 11) is 0. The van der Waals surface area contributed by atoms with Crippen molar-refractivity contribution in [3.63, 3.8) is 0 Å². The Kier molecular flexibility index (Phi) is 3.64. The van der Waals surface area contributed by atoms with Gasteiger partial charge in [0, 0.05) is 34.3 Å². The second kappa shape index (κ2) is 5.87. The second-order valence-electron chi connectivity index (χ2n) is 5.82. The van der Waals surface area contributed by atoms with Crippen LogP contribution in [-0.4, -0.2) is 15.0 Å². The number of nitrogens with two attached hydrogens (primary N) is 1. The lowest BCUT2D eigenvalue weighted by Crippen LogP contribution is -2.04. The van der Waals surface area contributed by atoms with Crippen molar-refractivity contribution in [2.45, 2.75) is 6.18 Å². The fourth-order valence-electron chi connectivity index (χ4n) is 2.84. The number of hydrogen-bond donors (Lipinski definition) is 2. The third-order valence-electron chi connectivity index (χ3n) is 4.09. The van der Waals surface area contributed by atoms with Gasteiger partial charge in [0.2, 0.25) is 0 Å². The topological polar surface area (TPSA) is 67.6 Å². The molecule has 4 nitrogen and oxygen atoms in total. The zero-order valence-electron chi connectivity index (χ0n) is 13.4. The van der Waals surface area contributed by atoms with Crippen molar-refractivity contribution in [1.82, 2.24) is 15.0 Å². The largest absolute Gasteiger partial charge is 0.416 e. The Bertz CT molecular complexity index is 1080. The van der Waals surface area contributed by atoms with E-state index in [1.54, 1.807) is 6.07 Å². The molecule has 0 unspecified atom stereocenters. The van der Waals surface area contributed by atoms with Crippen molar-refractivity contribution >= 4 is 16.7 Å². The molecule has 0 radical (unpaired) electrons. The van der Waals surface area contributed by atoms with Gasteiger partial charge in [0.15, 0.2) is 5.82 Å². The van der Waals surface area contributed by atoms with Crippen LogP contribution in [0, 0.1) is 0 Å². The third kappa shape index (κ3) is 2.88. The van der Waals surface area contributed by atoms with Crippen LogP contribution in [0.2, 0.25) is 0 Å². The normalized spacial score (nSPS) is 11.8. The molecule has 0 amide bonds. The van der Waals surface area contributed by atoms with E-state index in [2.05, 4.69) is 15.0 Å². The summed E-state index contributed by atoms with van der Waals surface area (Å²) in [6, 6.07) is 14.0. The van der Waals surface area contributed by atoms with E-state index in [-0.39, 0.29) is 5.82 Å². The molecule has 4 rings (SSSR count). The second-order valence-corrected chi connectivity index (χ2v) is 5.82. The molecular weight excluding hydrogens is 341 g/mol. The van der Waals surface area contributed by atoms with E-state index in [1.807, 2.05) is 30.5 Å². The van der Waals surface area contributed by atoms with Crippen LogP contribution < -0.4 is 5.73 Å². The first-order valence-corrected chi connectivity index (χ1v) is 7.80. The summed E-state index contributed by atoms with van der Waals surface area (Å²) < 4.78 is 38.2. The molecule has 0 aliphatic rings. The Morgan fingerprint density at radius 1 is 0.923 bits per heavy atom. The molecule has 26 heavy (non-hydrogen) atoms. The van der Waals surface area contributed by atoms with Crippen LogP contribution in [-0.2, 0) is 6.18 Å². The highest BCUT2D eigenvalue weighted by atomic mass is 19.4. The Morgan fingerprint density at radius 2 is 1.69 bits per heavy atom. The van der Waals surface area contributed by atoms with Crippen LogP contribution in [0.25, 0.3) is 33.5 Å². The summed E-state index contributed by atoms with van der Waals surface area (Å²) >= 11 is 0. The van der Waals surface area contributed by atoms with Gasteiger partial charge in [-0.1, -0.05) is 24.3 Å². The Hall–Kier alpha value is -3.35. The summed E-state index contributed by atoms with van der Waals surface area (Å²) in [5.41, 5.74) is 7.94. The van der Waals surface area contributed by atoms with Crippen LogP contribution in [0.4, 0.5) is 19.0 Å². The molecule has 2 aromatic carbocycles. The highest BCUT2D eigenvalue weighted by molar-refractivity contribution is 5.93. The number of aromatic amines is 1. The zero-order chi connectivity index (χ0) is 18.3. The van der Waals surface area contributed by atoms with E-state index in [1.165, 1.54) is 12.1 Å². The molecule has 0 aliphatic heterocycles. The summed E-state index contributed by atoms with van der Waals surface area (Å²) in [4.78, 5) is 11.9. The van der Waals surface area contributed by atoms with Crippen molar-refractivity contribution in [1.29, 1.82) is 0 Å². The summed E-state index contributed by atoms with van der Waals surface area (Å²) in [5.74, 6) is 0.669. The molecule has 7 heteroatoms. The first-order chi connectivity index (χ1) is 12.4. The fraction of sp³-hybridized carbons (Fsp3) is 0.0526. The van der Waals surface area contributed by atoms with Gasteiger partial charge in [-0.2, -0.15) is 13.2 Å². The van der Waals surface area contributed by atoms with E-state index in [0.29, 0.717) is 17.1 Å². The lowest BCUT2D eigenvalue weighted by molar-refractivity contribution is -0.137. The maximum atomic E-state index is 12.7. The smallest absolute Gasteiger partial charge is 0.384 e. The molecule has 0 aliphatic carbocycles. The molecule has 0 saturated carbocycles. The standard InChI is InChI=1S/C19H13F3N4/c20-19(21,22)12-6-4-11(5-7-12)16-10-17(23)26-18(25-16)14-2-1-3-15-13(14)8-9-24-15/h1-10,24H,(H2,23,25,26). The van der Waals surface area contributed by atoms with Crippen molar-refractivity contribution in [2.24, 2.45) is 0 Å². The minimum absolute atomic E-state index is 0.248. The summed E-state index contributed by atoms with van der Waals surface area (Å²) in [5, 5.41) is 0.941. The summed E-state index contributed by atoms with van der Waals surface area (Å²) in [6.07, 6.45) is -2.56. The van der Waals surface area contributed by atoms with Gasteiger partial charge in [-0.25, -0.2) is 9.97 Å². The lowest BCUT2D eigenvalue weighted by Gasteiger charge is -2.09. The van der Waals surface area contributed by atoms with Gasteiger partial charge in [0.1, 0.15) is 5.82 Å². The number of nitrogen functional groups attached to an aromatic ring is 1. The maximum absolute atomic E-state index is 12.7. The minimum Gasteiger partial charge on any atom is -0.384 e. The van der Waals surface area contributed by atoms with Crippen LogP contribution in [0.5, 0.6) is 0 Å². The SMILES string of the molecule is Nc1cc(-c2ccc(C(F)(F)F)cc2)nc(-c2cccc3[nH]ccc23)n1. The number of nitrogens with zero attached hydrogens (tertiary/aromatic N) is 2. The highest BCUT2D eigenvalue weighted by Gasteiger charge is 2.30. The molecular formula is C19H13F3N4. The molecule has 0 fully saturated rings. The zero-order valence-corrected chi connectivity index (χ0v) is 13.4. The number of halogens is 3. The average Bonchev–Trinajstić information content (AvgIpc) is 3.09. The first-order valence-electron chi connectivity index (χ1n) is 7.80. The number of alkyl halides is 3. The maximum Gasteiger partial charge on any atom is 0.416 e. The molecule has 2 aromatic heterocycles. The number of rotatable bonds is 2. The van der Waals surface area contributed by atoms with Crippen LogP contribution >= 0.6 is 0 Å². The van der Waals surface area contributed by atoms with E-state index >= 15 is 0 Å². The molecule has 0 atom stereocenters. The van der Waals surface area contributed by atoms with E-state index < -0.39 is 11.7 Å². The van der Waals surface area contributed by atoms with Gasteiger partial charge in [0.05, 0.1) is 11.3 Å². The number of aromatic nitrogens is 3. The molecule has 4 aromatic rings. The third-order valence-corrected chi connectivity index (χ3v) is 4.09. The van der Waals surface area contributed by atoms with Gasteiger partial charge >= 0.3 is 6.18 Å². The predicted octanol–water partition coefficient (Wildman–Crippen LogP) is 4.89. The fourth-order valence-corrected chi connectivity index (χ4v) is 2.84. The number of fused-ring (bicyclic) bond motifs is 1.